The van der Waals surface area contributed by atoms with Crippen LogP contribution in [0.2, 0.25) is 0 Å². The van der Waals surface area contributed by atoms with Crippen molar-refractivity contribution in [2.75, 3.05) is 57.4 Å². The third kappa shape index (κ3) is 7.32. The number of rotatable bonds is 8. The van der Waals surface area contributed by atoms with Crippen LogP contribution in [0.3, 0.4) is 0 Å². The monoisotopic (exact) mass is 563 g/mol. The van der Waals surface area contributed by atoms with Crippen molar-refractivity contribution in [3.63, 3.8) is 0 Å². The normalized spacial score (nSPS) is 18.0. The van der Waals surface area contributed by atoms with Gasteiger partial charge in [-0.15, -0.1) is 24.0 Å². The fraction of sp³-hybridized carbons (Fsp3) is 0.500. The van der Waals surface area contributed by atoms with Gasteiger partial charge in [-0.1, -0.05) is 48.5 Å². The first-order valence-corrected chi connectivity index (χ1v) is 12.1. The number of morpholine rings is 1. The number of aliphatic imine (C=N–C) groups is 1. The fourth-order valence-corrected chi connectivity index (χ4v) is 4.64. The Hall–Kier alpha value is -1.84. The third-order valence-corrected chi connectivity index (χ3v) is 6.32. The van der Waals surface area contributed by atoms with E-state index in [1.807, 2.05) is 0 Å². The van der Waals surface area contributed by atoms with E-state index in [1.54, 1.807) is 0 Å². The molecule has 7 heteroatoms. The molecular formula is C26H38IN5O. The quantitative estimate of drug-likeness (QED) is 0.289. The molecule has 2 fully saturated rings. The minimum Gasteiger partial charge on any atom is -0.378 e. The highest BCUT2D eigenvalue weighted by Gasteiger charge is 2.23. The van der Waals surface area contributed by atoms with Crippen LogP contribution in [-0.2, 0) is 11.3 Å². The number of nitrogens with one attached hydrogen (secondary N) is 2. The van der Waals surface area contributed by atoms with Gasteiger partial charge >= 0.3 is 0 Å². The van der Waals surface area contributed by atoms with Crippen molar-refractivity contribution in [3.8, 4) is 0 Å². The second-order valence-corrected chi connectivity index (χ2v) is 8.47. The van der Waals surface area contributed by atoms with Crippen LogP contribution in [0.5, 0.6) is 0 Å². The first-order chi connectivity index (χ1) is 15.8. The Bertz CT molecular complexity index is 851. The predicted molar refractivity (Wildman–Crippen MR) is 148 cm³/mol. The number of hydrogen-bond acceptors (Lipinski definition) is 4. The van der Waals surface area contributed by atoms with Crippen LogP contribution < -0.4 is 15.5 Å². The zero-order valence-corrected chi connectivity index (χ0v) is 22.0. The van der Waals surface area contributed by atoms with E-state index in [9.17, 15) is 0 Å². The molecule has 2 aliphatic heterocycles. The summed E-state index contributed by atoms with van der Waals surface area (Å²) in [6, 6.07) is 19.8. The van der Waals surface area contributed by atoms with Crippen LogP contribution in [0.15, 0.2) is 59.6 Å². The zero-order valence-electron chi connectivity index (χ0n) is 19.7. The summed E-state index contributed by atoms with van der Waals surface area (Å²) >= 11 is 0. The van der Waals surface area contributed by atoms with Gasteiger partial charge < -0.3 is 20.3 Å². The van der Waals surface area contributed by atoms with Crippen molar-refractivity contribution in [2.24, 2.45) is 4.99 Å². The van der Waals surface area contributed by atoms with Gasteiger partial charge in [0, 0.05) is 31.9 Å². The fourth-order valence-electron chi connectivity index (χ4n) is 4.64. The van der Waals surface area contributed by atoms with Gasteiger partial charge in [-0.3, -0.25) is 4.90 Å². The molecule has 2 aromatic carbocycles. The van der Waals surface area contributed by atoms with Gasteiger partial charge in [0.25, 0.3) is 0 Å². The van der Waals surface area contributed by atoms with E-state index >= 15 is 0 Å². The smallest absolute Gasteiger partial charge is 0.191 e. The molecular weight excluding hydrogens is 525 g/mol. The summed E-state index contributed by atoms with van der Waals surface area (Å²) in [5.41, 5.74) is 3.90. The largest absolute Gasteiger partial charge is 0.378 e. The van der Waals surface area contributed by atoms with E-state index < -0.39 is 0 Å². The SMILES string of the molecule is CCNC(=NCc1ccccc1N1CCOCC1)NCC(c1ccccc1)N1CCCC1.I. The first kappa shape index (κ1) is 25.8. The molecule has 0 aliphatic carbocycles. The Morgan fingerprint density at radius 3 is 2.36 bits per heavy atom. The van der Waals surface area contributed by atoms with E-state index in [-0.39, 0.29) is 24.0 Å². The van der Waals surface area contributed by atoms with Gasteiger partial charge in [0.1, 0.15) is 0 Å². The molecule has 4 rings (SSSR count). The molecule has 1 unspecified atom stereocenters. The minimum atomic E-state index is 0. The lowest BCUT2D eigenvalue weighted by Crippen LogP contribution is -2.42. The highest BCUT2D eigenvalue weighted by Crippen LogP contribution is 2.25. The predicted octanol–water partition coefficient (Wildman–Crippen LogP) is 4.03. The third-order valence-electron chi connectivity index (χ3n) is 6.32. The second kappa shape index (κ2) is 13.8. The van der Waals surface area contributed by atoms with Crippen LogP contribution in [0.25, 0.3) is 0 Å². The molecule has 0 bridgehead atoms. The Morgan fingerprint density at radius 1 is 0.939 bits per heavy atom. The van der Waals surface area contributed by atoms with Gasteiger partial charge in [0.2, 0.25) is 0 Å². The summed E-state index contributed by atoms with van der Waals surface area (Å²) in [4.78, 5) is 9.96. The zero-order chi connectivity index (χ0) is 22.0. The molecule has 0 amide bonds. The molecule has 2 saturated heterocycles. The van der Waals surface area contributed by atoms with Gasteiger partial charge in [-0.25, -0.2) is 4.99 Å². The molecule has 180 valence electrons. The van der Waals surface area contributed by atoms with Gasteiger partial charge in [-0.05, 0) is 50.0 Å². The van der Waals surface area contributed by atoms with E-state index in [0.717, 1.165) is 45.4 Å². The highest BCUT2D eigenvalue weighted by atomic mass is 127. The van der Waals surface area contributed by atoms with Crippen LogP contribution in [0, 0.1) is 0 Å². The summed E-state index contributed by atoms with van der Waals surface area (Å²) in [5, 5.41) is 7.07. The second-order valence-electron chi connectivity index (χ2n) is 8.47. The lowest BCUT2D eigenvalue weighted by atomic mass is 10.1. The van der Waals surface area contributed by atoms with Crippen molar-refractivity contribution >= 4 is 35.6 Å². The van der Waals surface area contributed by atoms with Crippen LogP contribution >= 0.6 is 24.0 Å². The molecule has 2 heterocycles. The Labute approximate surface area is 215 Å². The van der Waals surface area contributed by atoms with E-state index in [0.29, 0.717) is 12.6 Å². The minimum absolute atomic E-state index is 0. The summed E-state index contributed by atoms with van der Waals surface area (Å²) in [6.45, 7) is 10.3. The van der Waals surface area contributed by atoms with Crippen molar-refractivity contribution in [2.45, 2.75) is 32.4 Å². The molecule has 0 radical (unpaired) electrons. The molecule has 2 aromatic rings. The van der Waals surface area contributed by atoms with Crippen LogP contribution in [0.1, 0.15) is 36.9 Å². The lowest BCUT2D eigenvalue weighted by Gasteiger charge is -2.30. The Balaban J connectivity index is 0.00000306. The van der Waals surface area contributed by atoms with E-state index in [2.05, 4.69) is 82.0 Å². The van der Waals surface area contributed by atoms with E-state index in [4.69, 9.17) is 9.73 Å². The molecule has 0 aromatic heterocycles. The average Bonchev–Trinajstić information content (AvgIpc) is 3.39. The number of para-hydroxylation sites is 1. The molecule has 6 nitrogen and oxygen atoms in total. The van der Waals surface area contributed by atoms with Crippen molar-refractivity contribution in [3.05, 3.63) is 65.7 Å². The number of halogens is 1. The average molecular weight is 564 g/mol. The summed E-state index contributed by atoms with van der Waals surface area (Å²) in [7, 11) is 0. The standard InChI is InChI=1S/C26H37N5O.HI/c1-2-27-26(28-20-23-12-6-7-13-24(23)31-16-18-32-19-17-31)29-21-25(30-14-8-9-15-30)22-10-4-3-5-11-22;/h3-7,10-13,25H,2,8-9,14-21H2,1H3,(H2,27,28,29);1H. The topological polar surface area (TPSA) is 52.1 Å². The Morgan fingerprint density at radius 2 is 1.64 bits per heavy atom. The summed E-state index contributed by atoms with van der Waals surface area (Å²) in [6.07, 6.45) is 2.58. The number of benzene rings is 2. The number of guanidine groups is 1. The molecule has 1 atom stereocenters. The van der Waals surface area contributed by atoms with Crippen molar-refractivity contribution in [1.29, 1.82) is 0 Å². The molecule has 33 heavy (non-hydrogen) atoms. The molecule has 0 spiro atoms. The summed E-state index contributed by atoms with van der Waals surface area (Å²) in [5.74, 6) is 0.879. The number of anilines is 1. The number of nitrogens with zero attached hydrogens (tertiary/aromatic N) is 3. The van der Waals surface area contributed by atoms with Gasteiger partial charge in [0.15, 0.2) is 5.96 Å². The van der Waals surface area contributed by atoms with Crippen LogP contribution in [0.4, 0.5) is 5.69 Å². The van der Waals surface area contributed by atoms with Crippen molar-refractivity contribution in [1.82, 2.24) is 15.5 Å². The maximum Gasteiger partial charge on any atom is 0.191 e. The van der Waals surface area contributed by atoms with Gasteiger partial charge in [0.05, 0.1) is 25.8 Å². The van der Waals surface area contributed by atoms with Crippen molar-refractivity contribution < 1.29 is 4.74 Å². The lowest BCUT2D eigenvalue weighted by molar-refractivity contribution is 0.122. The molecule has 2 N–H and O–H groups in total. The maximum atomic E-state index is 5.53. The highest BCUT2D eigenvalue weighted by molar-refractivity contribution is 14.0. The molecule has 2 aliphatic rings. The Kier molecular flexibility index (Phi) is 10.8. The number of likely N-dealkylation sites (tertiary alicyclic amines) is 1. The van der Waals surface area contributed by atoms with Crippen LogP contribution in [-0.4, -0.2) is 63.3 Å². The first-order valence-electron chi connectivity index (χ1n) is 12.1. The number of ether oxygens (including phenoxy) is 1. The number of hydrogen-bond donors (Lipinski definition) is 2. The summed E-state index contributed by atoms with van der Waals surface area (Å²) < 4.78 is 5.53. The molecule has 0 saturated carbocycles. The van der Waals surface area contributed by atoms with Gasteiger partial charge in [-0.2, -0.15) is 0 Å². The maximum absolute atomic E-state index is 5.53. The van der Waals surface area contributed by atoms with E-state index in [1.165, 1.54) is 42.7 Å².